The van der Waals surface area contributed by atoms with Crippen LogP contribution >= 0.6 is 0 Å². The van der Waals surface area contributed by atoms with Crippen molar-refractivity contribution in [2.75, 3.05) is 13.2 Å². The number of carbonyl (C=O) groups is 1. The summed E-state index contributed by atoms with van der Waals surface area (Å²) >= 11 is 0. The lowest BCUT2D eigenvalue weighted by Gasteiger charge is -2.15. The van der Waals surface area contributed by atoms with E-state index in [-0.39, 0.29) is 19.2 Å². The second-order valence-electron chi connectivity index (χ2n) is 4.54. The molecule has 0 heterocycles. The SMILES string of the molecule is CCCCCCC(/C=C/C(F)(F)F)NCC(=O)OCC. The third-order valence-corrected chi connectivity index (χ3v) is 2.70. The zero-order valence-electron chi connectivity index (χ0n) is 12.1. The normalized spacial score (nSPS) is 13.7. The van der Waals surface area contributed by atoms with Crippen LogP contribution in [-0.2, 0) is 9.53 Å². The number of hydrogen-bond donors (Lipinski definition) is 1. The predicted molar refractivity (Wildman–Crippen MR) is 72.4 cm³/mol. The fourth-order valence-corrected chi connectivity index (χ4v) is 1.71. The minimum Gasteiger partial charge on any atom is -0.465 e. The van der Waals surface area contributed by atoms with E-state index in [0.29, 0.717) is 6.42 Å². The molecule has 0 amide bonds. The first kappa shape index (κ1) is 19.0. The lowest BCUT2D eigenvalue weighted by molar-refractivity contribution is -0.142. The summed E-state index contributed by atoms with van der Waals surface area (Å²) in [4.78, 5) is 11.2. The molecule has 0 aromatic carbocycles. The molecular formula is C14H24F3NO2. The van der Waals surface area contributed by atoms with Gasteiger partial charge in [-0.2, -0.15) is 13.2 Å². The maximum absolute atomic E-state index is 12.2. The van der Waals surface area contributed by atoms with E-state index in [1.165, 1.54) is 0 Å². The molecule has 0 aliphatic rings. The number of allylic oxidation sites excluding steroid dienone is 1. The summed E-state index contributed by atoms with van der Waals surface area (Å²) < 4.78 is 41.2. The first-order valence-electron chi connectivity index (χ1n) is 7.04. The molecule has 1 atom stereocenters. The summed E-state index contributed by atoms with van der Waals surface area (Å²) in [6, 6.07) is -0.460. The number of unbranched alkanes of at least 4 members (excludes halogenated alkanes) is 3. The number of alkyl halides is 3. The molecule has 0 saturated carbocycles. The summed E-state index contributed by atoms with van der Waals surface area (Å²) in [6.07, 6.45) is 1.48. The van der Waals surface area contributed by atoms with E-state index in [4.69, 9.17) is 4.74 Å². The molecule has 0 radical (unpaired) electrons. The predicted octanol–water partition coefficient (Wildman–Crippen LogP) is 3.60. The monoisotopic (exact) mass is 295 g/mol. The maximum Gasteiger partial charge on any atom is 0.409 e. The van der Waals surface area contributed by atoms with Crippen LogP contribution in [0.1, 0.15) is 46.0 Å². The summed E-state index contributed by atoms with van der Waals surface area (Å²) in [5, 5.41) is 2.79. The zero-order chi connectivity index (χ0) is 15.4. The molecule has 0 aromatic heterocycles. The van der Waals surface area contributed by atoms with Gasteiger partial charge in [-0.1, -0.05) is 38.7 Å². The number of rotatable bonds is 10. The van der Waals surface area contributed by atoms with Gasteiger partial charge in [0.2, 0.25) is 0 Å². The van der Waals surface area contributed by atoms with Gasteiger partial charge < -0.3 is 10.1 Å². The molecule has 0 aliphatic carbocycles. The minimum absolute atomic E-state index is 0.0749. The van der Waals surface area contributed by atoms with Crippen molar-refractivity contribution in [1.29, 1.82) is 0 Å². The topological polar surface area (TPSA) is 38.3 Å². The summed E-state index contributed by atoms with van der Waals surface area (Å²) in [5.74, 6) is -0.452. The van der Waals surface area contributed by atoms with Gasteiger partial charge in [0.1, 0.15) is 0 Å². The van der Waals surface area contributed by atoms with Gasteiger partial charge in [-0.15, -0.1) is 0 Å². The molecule has 0 saturated heterocycles. The largest absolute Gasteiger partial charge is 0.465 e. The van der Waals surface area contributed by atoms with Gasteiger partial charge in [0.15, 0.2) is 0 Å². The van der Waals surface area contributed by atoms with Crippen LogP contribution in [-0.4, -0.2) is 31.3 Å². The lowest BCUT2D eigenvalue weighted by atomic mass is 10.1. The van der Waals surface area contributed by atoms with Crippen molar-refractivity contribution < 1.29 is 22.7 Å². The number of ether oxygens (including phenoxy) is 1. The quantitative estimate of drug-likeness (QED) is 0.380. The first-order valence-corrected chi connectivity index (χ1v) is 7.04. The molecule has 0 rings (SSSR count). The molecule has 20 heavy (non-hydrogen) atoms. The van der Waals surface area contributed by atoms with Crippen LogP contribution < -0.4 is 5.32 Å². The van der Waals surface area contributed by atoms with E-state index in [0.717, 1.165) is 31.8 Å². The third-order valence-electron chi connectivity index (χ3n) is 2.70. The van der Waals surface area contributed by atoms with Crippen molar-refractivity contribution in [2.45, 2.75) is 58.2 Å². The highest BCUT2D eigenvalue weighted by atomic mass is 19.4. The standard InChI is InChI=1S/C14H24F3NO2/c1-3-5-6-7-8-12(9-10-14(15,16)17)18-11-13(19)20-4-2/h9-10,12,18H,3-8,11H2,1-2H3/b10-9+. The Hall–Kier alpha value is -1.04. The molecule has 0 bridgehead atoms. The van der Waals surface area contributed by atoms with Crippen LogP contribution in [0.25, 0.3) is 0 Å². The van der Waals surface area contributed by atoms with Gasteiger partial charge in [0.25, 0.3) is 0 Å². The summed E-state index contributed by atoms with van der Waals surface area (Å²) in [7, 11) is 0. The van der Waals surface area contributed by atoms with Gasteiger partial charge in [-0.3, -0.25) is 4.79 Å². The fraction of sp³-hybridized carbons (Fsp3) is 0.786. The van der Waals surface area contributed by atoms with Gasteiger partial charge in [0, 0.05) is 12.1 Å². The highest BCUT2D eigenvalue weighted by Gasteiger charge is 2.22. The highest BCUT2D eigenvalue weighted by molar-refractivity contribution is 5.71. The van der Waals surface area contributed by atoms with Crippen LogP contribution in [0.2, 0.25) is 0 Å². The van der Waals surface area contributed by atoms with Gasteiger partial charge >= 0.3 is 12.1 Å². The van der Waals surface area contributed by atoms with Crippen LogP contribution in [0.3, 0.4) is 0 Å². The van der Waals surface area contributed by atoms with Crippen molar-refractivity contribution in [3.8, 4) is 0 Å². The van der Waals surface area contributed by atoms with E-state index in [9.17, 15) is 18.0 Å². The van der Waals surface area contributed by atoms with E-state index < -0.39 is 18.2 Å². The van der Waals surface area contributed by atoms with Gasteiger partial charge in [0.05, 0.1) is 13.2 Å². The number of halogens is 3. The summed E-state index contributed by atoms with van der Waals surface area (Å²) in [6.45, 7) is 3.94. The molecule has 0 aliphatic heterocycles. The average molecular weight is 295 g/mol. The van der Waals surface area contributed by atoms with E-state index in [1.807, 2.05) is 0 Å². The third kappa shape index (κ3) is 12.0. The second kappa shape index (κ2) is 10.7. The number of esters is 1. The summed E-state index contributed by atoms with van der Waals surface area (Å²) in [5.41, 5.74) is 0. The molecule has 6 heteroatoms. The number of nitrogens with one attached hydrogen (secondary N) is 1. The minimum atomic E-state index is -4.33. The number of hydrogen-bond acceptors (Lipinski definition) is 3. The Morgan fingerprint density at radius 3 is 2.50 bits per heavy atom. The molecule has 1 unspecified atom stereocenters. The average Bonchev–Trinajstić information content (AvgIpc) is 2.36. The van der Waals surface area contributed by atoms with Gasteiger partial charge in [-0.25, -0.2) is 0 Å². The first-order chi connectivity index (χ1) is 9.39. The van der Waals surface area contributed by atoms with Crippen LogP contribution in [0.5, 0.6) is 0 Å². The van der Waals surface area contributed by atoms with E-state index in [1.54, 1.807) is 6.92 Å². The Morgan fingerprint density at radius 2 is 1.95 bits per heavy atom. The van der Waals surface area contributed by atoms with Crippen molar-refractivity contribution in [1.82, 2.24) is 5.32 Å². The van der Waals surface area contributed by atoms with Crippen LogP contribution in [0.15, 0.2) is 12.2 Å². The Kier molecular flexibility index (Phi) is 10.2. The van der Waals surface area contributed by atoms with Crippen molar-refractivity contribution in [3.05, 3.63) is 12.2 Å². The van der Waals surface area contributed by atoms with E-state index in [2.05, 4.69) is 12.2 Å². The highest BCUT2D eigenvalue weighted by Crippen LogP contribution is 2.17. The molecule has 1 N–H and O–H groups in total. The lowest BCUT2D eigenvalue weighted by Crippen LogP contribution is -2.33. The number of carbonyl (C=O) groups excluding carboxylic acids is 1. The fourth-order valence-electron chi connectivity index (χ4n) is 1.71. The van der Waals surface area contributed by atoms with Crippen molar-refractivity contribution in [3.63, 3.8) is 0 Å². The Balaban J connectivity index is 4.24. The van der Waals surface area contributed by atoms with Crippen LogP contribution in [0.4, 0.5) is 13.2 Å². The smallest absolute Gasteiger partial charge is 0.409 e. The van der Waals surface area contributed by atoms with Gasteiger partial charge in [-0.05, 0) is 13.3 Å². The second-order valence-corrected chi connectivity index (χ2v) is 4.54. The maximum atomic E-state index is 12.2. The molecule has 0 fully saturated rings. The molecule has 0 spiro atoms. The molecule has 3 nitrogen and oxygen atoms in total. The Bertz CT molecular complexity index is 291. The Labute approximate surface area is 118 Å². The van der Waals surface area contributed by atoms with Crippen LogP contribution in [0, 0.1) is 0 Å². The zero-order valence-corrected chi connectivity index (χ0v) is 12.1. The van der Waals surface area contributed by atoms with E-state index >= 15 is 0 Å². The molecule has 118 valence electrons. The molecule has 0 aromatic rings. The van der Waals surface area contributed by atoms with Crippen molar-refractivity contribution in [2.24, 2.45) is 0 Å². The Morgan fingerprint density at radius 1 is 1.25 bits per heavy atom. The molecular weight excluding hydrogens is 271 g/mol. The van der Waals surface area contributed by atoms with Crippen molar-refractivity contribution >= 4 is 5.97 Å².